The number of carbonyl (C=O) groups is 6. The number of aliphatic imine (C=N–C) groups is 1. The minimum absolute atomic E-state index is 0.0176. The number of ketones is 3. The number of nitrogens with two attached hydrogens (primary N) is 3. The predicted octanol–water partition coefficient (Wildman–Crippen LogP) is 6.81. The van der Waals surface area contributed by atoms with Crippen molar-refractivity contribution in [1.82, 2.24) is 5.32 Å². The quantitative estimate of drug-likeness (QED) is 0.0198. The molecule has 2 aromatic carbocycles. The highest BCUT2D eigenvalue weighted by molar-refractivity contribution is 6.21. The molecule has 2 amide bonds. The Balaban J connectivity index is 0.000000938. The number of hydrogen-bond acceptors (Lipinski definition) is 14. The summed E-state index contributed by atoms with van der Waals surface area (Å²) >= 11 is 0. The number of hydrogen-bond donors (Lipinski definition) is 6. The van der Waals surface area contributed by atoms with Gasteiger partial charge < -0.3 is 25.8 Å². The molecule has 0 aromatic heterocycles. The molecule has 70 heavy (non-hydrogen) atoms. The first-order valence-corrected chi connectivity index (χ1v) is 23.3. The van der Waals surface area contributed by atoms with E-state index in [4.69, 9.17) is 10.5 Å². The molecule has 0 spiro atoms. The van der Waals surface area contributed by atoms with Crippen LogP contribution in [0.4, 0.5) is 0 Å². The van der Waals surface area contributed by atoms with Gasteiger partial charge in [0.25, 0.3) is 11.8 Å². The van der Waals surface area contributed by atoms with E-state index in [1.807, 2.05) is 89.2 Å². The Labute approximate surface area is 417 Å². The molecule has 0 aliphatic carbocycles. The molecule has 15 heteroatoms. The lowest BCUT2D eigenvalue weighted by atomic mass is 9.84. The number of aliphatic hydroxyl groups excluding tert-OH is 2. The molecule has 6 atom stereocenters. The number of carbonyl (C=O) groups excluding carboxylic acids is 6. The fourth-order valence-electron chi connectivity index (χ4n) is 5.81. The summed E-state index contributed by atoms with van der Waals surface area (Å²) in [5, 5.41) is 35.2. The summed E-state index contributed by atoms with van der Waals surface area (Å²) in [6.45, 7) is 34.4. The van der Waals surface area contributed by atoms with E-state index in [0.717, 1.165) is 0 Å². The van der Waals surface area contributed by atoms with E-state index in [1.54, 1.807) is 69.3 Å². The second kappa shape index (κ2) is 26.8. The number of nitrogens with one attached hydrogen (secondary N) is 1. The standard InChI is InChI=1S/C21H29NO4.C13H25NO2.C13H22O2.C8H5NO2.H4N2/c1-20(2,3)17(24)12-11-16(18(25)21(4,5)6)22-19(26)15-10-8-7-9-14(15)13-23;1-12(2,3)10(15)8-7-9(14)11(16)13(4,5)6;1-12(2,3)10(14)8-7-9-11(15-9)13(4,5)6;10-7-5-3-1-2-4-6(5)8(11)9-7;1-2/h7-13,16,18,25H,1-6H3,(H,22,26);7-9,11,16H,14H2,1-6H3;7-9,11H,1-6H3;1-4H,(H,9,10,11);1-2H2/p-1/b12-11+;2*8-7+;;/t16-,18+;9-,11+;9-,11?;;/m000../s1. The number of hydrazine groups is 1. The number of ether oxygens (including phenoxy) is 1. The van der Waals surface area contributed by atoms with E-state index in [9.17, 15) is 44.1 Å². The molecule has 0 bridgehead atoms. The Hall–Kier alpha value is -5.29. The van der Waals surface area contributed by atoms with E-state index in [-0.39, 0.29) is 68.7 Å². The molecule has 9 N–H and O–H groups in total. The first-order chi connectivity index (χ1) is 31.7. The third kappa shape index (κ3) is 22.2. The van der Waals surface area contributed by atoms with Crippen molar-refractivity contribution in [2.24, 2.45) is 54.9 Å². The van der Waals surface area contributed by atoms with Gasteiger partial charge >= 0.3 is 0 Å². The fourth-order valence-corrected chi connectivity index (χ4v) is 5.81. The largest absolute Gasteiger partial charge is 0.858 e. The number of rotatable bonds is 11. The zero-order chi connectivity index (χ0) is 55.0. The summed E-state index contributed by atoms with van der Waals surface area (Å²) in [5.74, 6) is 6.85. The number of aldehydes is 1. The van der Waals surface area contributed by atoms with Crippen LogP contribution in [0, 0.1) is 32.5 Å². The molecule has 0 saturated carbocycles. The summed E-state index contributed by atoms with van der Waals surface area (Å²) in [7, 11) is 0. The van der Waals surface area contributed by atoms with Gasteiger partial charge in [0.1, 0.15) is 6.10 Å². The monoisotopic (exact) mass is 975 g/mol. The third-order valence-corrected chi connectivity index (χ3v) is 10.6. The number of amides is 2. The highest BCUT2D eigenvalue weighted by Crippen LogP contribution is 2.39. The first-order valence-electron chi connectivity index (χ1n) is 23.3. The molecule has 2 heterocycles. The van der Waals surface area contributed by atoms with Crippen LogP contribution in [0.3, 0.4) is 0 Å². The number of benzene rings is 2. The van der Waals surface area contributed by atoms with Crippen LogP contribution >= 0.6 is 0 Å². The van der Waals surface area contributed by atoms with Crippen molar-refractivity contribution in [2.75, 3.05) is 0 Å². The zero-order valence-electron chi connectivity index (χ0n) is 45.0. The van der Waals surface area contributed by atoms with Crippen molar-refractivity contribution in [2.45, 2.75) is 161 Å². The molecule has 2 aliphatic rings. The van der Waals surface area contributed by atoms with Crippen LogP contribution in [0.15, 0.2) is 90.0 Å². The van der Waals surface area contributed by atoms with Crippen LogP contribution in [0.25, 0.3) is 0 Å². The summed E-state index contributed by atoms with van der Waals surface area (Å²) in [6, 6.07) is 11.7. The molecule has 2 aliphatic heterocycles. The lowest BCUT2D eigenvalue weighted by Gasteiger charge is -2.31. The number of imide groups is 1. The molecular weight excluding hydrogens is 891 g/mol. The summed E-state index contributed by atoms with van der Waals surface area (Å²) in [4.78, 5) is 72.5. The third-order valence-electron chi connectivity index (χ3n) is 10.6. The highest BCUT2D eigenvalue weighted by Gasteiger charge is 2.45. The van der Waals surface area contributed by atoms with Crippen LogP contribution < -0.4 is 27.8 Å². The Morgan fingerprint density at radius 3 is 1.44 bits per heavy atom. The number of epoxide rings is 1. The topological polar surface area (TPSA) is 281 Å². The fraction of sp³-hybridized carbons (Fsp3) is 0.545. The minimum Gasteiger partial charge on any atom is -0.858 e. The van der Waals surface area contributed by atoms with Crippen molar-refractivity contribution in [3.8, 4) is 0 Å². The average molecular weight is 975 g/mol. The second-order valence-electron chi connectivity index (χ2n) is 23.5. The van der Waals surface area contributed by atoms with Gasteiger partial charge in [-0.1, -0.05) is 173 Å². The van der Waals surface area contributed by atoms with E-state index in [0.29, 0.717) is 17.4 Å². The highest BCUT2D eigenvalue weighted by atomic mass is 16.6. The number of nitrogens with zero attached hydrogens (tertiary/aromatic N) is 1. The smallest absolute Gasteiger partial charge is 0.258 e. The molecule has 4 rings (SSSR count). The van der Waals surface area contributed by atoms with Crippen molar-refractivity contribution < 1.29 is 48.8 Å². The van der Waals surface area contributed by atoms with Gasteiger partial charge in [0.15, 0.2) is 23.6 Å². The van der Waals surface area contributed by atoms with Crippen molar-refractivity contribution in [3.05, 3.63) is 107 Å². The lowest BCUT2D eigenvalue weighted by molar-refractivity contribution is -0.213. The second-order valence-corrected chi connectivity index (χ2v) is 23.5. The van der Waals surface area contributed by atoms with E-state index >= 15 is 0 Å². The van der Waals surface area contributed by atoms with Crippen LogP contribution in [0.2, 0.25) is 0 Å². The first kappa shape index (κ1) is 64.7. The van der Waals surface area contributed by atoms with Gasteiger partial charge in [-0.25, -0.2) is 0 Å². The van der Waals surface area contributed by atoms with Gasteiger partial charge in [-0.05, 0) is 64.1 Å². The molecule has 1 unspecified atom stereocenters. The molecule has 0 radical (unpaired) electrons. The van der Waals surface area contributed by atoms with Gasteiger partial charge in [-0.2, -0.15) is 0 Å². The van der Waals surface area contributed by atoms with Crippen LogP contribution in [-0.2, 0) is 19.1 Å². The predicted molar refractivity (Wildman–Crippen MR) is 277 cm³/mol. The van der Waals surface area contributed by atoms with Gasteiger partial charge in [-0.3, -0.25) is 50.8 Å². The SMILES string of the molecule is CC(C)(C)C(=O)/C=C/[C@@H]1OC1C(C)(C)C.CC(C)(C)C(=O)/C=C/[C@H](N)[C@@H](O)C(C)(C)C.CC(C)(C)C(=O)/C=C/[C@H](N=C([O-])c1ccccc1C=O)[C@@H](O)C(C)(C)C.NN.O=C1NC(=O)c2ccccc21. The number of allylic oxidation sites excluding steroid dienone is 3. The maximum atomic E-state index is 12.6. The normalized spacial score (nSPS) is 18.0. The van der Waals surface area contributed by atoms with Crippen LogP contribution in [0.5, 0.6) is 0 Å². The summed E-state index contributed by atoms with van der Waals surface area (Å²) < 4.78 is 5.51. The molecular formula is C55H84N5O10-. The van der Waals surface area contributed by atoms with Crippen molar-refractivity contribution in [3.63, 3.8) is 0 Å². The molecule has 390 valence electrons. The van der Waals surface area contributed by atoms with Crippen LogP contribution in [-0.4, -0.2) is 88.1 Å². The van der Waals surface area contributed by atoms with Crippen molar-refractivity contribution >= 4 is 41.3 Å². The minimum atomic E-state index is -0.973. The van der Waals surface area contributed by atoms with E-state index in [1.165, 1.54) is 30.4 Å². The maximum Gasteiger partial charge on any atom is 0.258 e. The Morgan fingerprint density at radius 2 is 1.06 bits per heavy atom. The Bertz CT molecular complexity index is 2170. The van der Waals surface area contributed by atoms with Crippen LogP contribution in [0.1, 0.15) is 161 Å². The summed E-state index contributed by atoms with van der Waals surface area (Å²) in [5.41, 5.74) is 5.23. The van der Waals surface area contributed by atoms with Crippen molar-refractivity contribution in [1.29, 1.82) is 0 Å². The van der Waals surface area contributed by atoms with E-state index < -0.39 is 46.4 Å². The molecule has 1 saturated heterocycles. The van der Waals surface area contributed by atoms with E-state index in [2.05, 4.69) is 42.8 Å². The lowest BCUT2D eigenvalue weighted by Crippen LogP contribution is -2.42. The van der Waals surface area contributed by atoms with Gasteiger partial charge in [-0.15, -0.1) is 0 Å². The van der Waals surface area contributed by atoms with Gasteiger partial charge in [0.05, 0.1) is 35.5 Å². The number of fused-ring (bicyclic) bond motifs is 1. The van der Waals surface area contributed by atoms with Gasteiger partial charge in [0, 0.05) is 27.9 Å². The molecule has 1 fully saturated rings. The van der Waals surface area contributed by atoms with Gasteiger partial charge in [0.2, 0.25) is 0 Å². The Kier molecular flexibility index (Phi) is 24.8. The molecule has 15 nitrogen and oxygen atoms in total. The molecule has 2 aromatic rings. The Morgan fingerprint density at radius 1 is 0.657 bits per heavy atom. The average Bonchev–Trinajstić information content (AvgIpc) is 4.00. The number of aliphatic hydroxyl groups is 2. The zero-order valence-corrected chi connectivity index (χ0v) is 45.0. The summed E-state index contributed by atoms with van der Waals surface area (Å²) in [6.07, 6.45) is 8.81. The maximum absolute atomic E-state index is 12.6.